The first-order valence-electron chi connectivity index (χ1n) is 6.90. The molecule has 2 amide bonds. The maximum Gasteiger partial charge on any atom is 0.261 e. The first-order valence-corrected chi connectivity index (χ1v) is 7.27. The smallest absolute Gasteiger partial charge is 0.261 e. The van der Waals surface area contributed by atoms with Crippen LogP contribution in [0.4, 0.5) is 0 Å². The second-order valence-electron chi connectivity index (χ2n) is 5.46. The molecule has 0 N–H and O–H groups in total. The molecule has 0 saturated heterocycles. The van der Waals surface area contributed by atoms with E-state index in [0.29, 0.717) is 16.1 Å². The van der Waals surface area contributed by atoms with Crippen molar-refractivity contribution in [2.75, 3.05) is 0 Å². The minimum atomic E-state index is -0.185. The molecule has 104 valence electrons. The van der Waals surface area contributed by atoms with Crippen molar-refractivity contribution in [3.05, 3.63) is 70.2 Å². The van der Waals surface area contributed by atoms with E-state index < -0.39 is 0 Å². The number of benzene rings is 2. The van der Waals surface area contributed by atoms with Gasteiger partial charge < -0.3 is 0 Å². The van der Waals surface area contributed by atoms with Gasteiger partial charge in [-0.3, -0.25) is 14.5 Å². The van der Waals surface area contributed by atoms with Gasteiger partial charge in [-0.25, -0.2) is 0 Å². The fourth-order valence-electron chi connectivity index (χ4n) is 3.09. The minimum Gasteiger partial charge on any atom is -0.271 e. The Kier molecular flexibility index (Phi) is 2.66. The largest absolute Gasteiger partial charge is 0.271 e. The average molecular weight is 298 g/mol. The first-order chi connectivity index (χ1) is 10.2. The van der Waals surface area contributed by atoms with E-state index in [9.17, 15) is 9.59 Å². The van der Waals surface area contributed by atoms with Crippen LogP contribution in [-0.4, -0.2) is 22.8 Å². The number of amides is 2. The van der Waals surface area contributed by atoms with Gasteiger partial charge in [0.05, 0.1) is 11.1 Å². The van der Waals surface area contributed by atoms with E-state index in [1.165, 1.54) is 4.90 Å². The molecule has 0 bridgehead atoms. The molecule has 4 rings (SSSR count). The second-order valence-corrected chi connectivity index (χ2v) is 5.86. The van der Waals surface area contributed by atoms with Gasteiger partial charge in [0.25, 0.3) is 11.8 Å². The first kappa shape index (κ1) is 12.6. The zero-order valence-corrected chi connectivity index (χ0v) is 11.9. The molecule has 2 aliphatic rings. The molecule has 3 nitrogen and oxygen atoms in total. The van der Waals surface area contributed by atoms with Crippen LogP contribution < -0.4 is 0 Å². The van der Waals surface area contributed by atoms with Crippen molar-refractivity contribution in [1.29, 1.82) is 0 Å². The van der Waals surface area contributed by atoms with E-state index in [-0.39, 0.29) is 23.8 Å². The molecule has 21 heavy (non-hydrogen) atoms. The highest BCUT2D eigenvalue weighted by atomic mass is 35.5. The summed E-state index contributed by atoms with van der Waals surface area (Å²) in [5, 5.41) is 0.696. The van der Waals surface area contributed by atoms with E-state index in [1.807, 2.05) is 24.3 Å². The number of hydrogen-bond donors (Lipinski definition) is 0. The lowest BCUT2D eigenvalue weighted by Crippen LogP contribution is -2.32. The summed E-state index contributed by atoms with van der Waals surface area (Å²) in [4.78, 5) is 26.2. The van der Waals surface area contributed by atoms with Crippen molar-refractivity contribution in [3.8, 4) is 0 Å². The molecular formula is C17H12ClNO2. The van der Waals surface area contributed by atoms with Crippen LogP contribution in [0.2, 0.25) is 5.02 Å². The van der Waals surface area contributed by atoms with Crippen molar-refractivity contribution >= 4 is 23.4 Å². The topological polar surface area (TPSA) is 37.4 Å². The Bertz CT molecular complexity index is 736. The number of halogens is 1. The van der Waals surface area contributed by atoms with E-state index in [2.05, 4.69) is 0 Å². The predicted molar refractivity (Wildman–Crippen MR) is 79.5 cm³/mol. The van der Waals surface area contributed by atoms with Gasteiger partial charge in [0.2, 0.25) is 0 Å². The monoisotopic (exact) mass is 297 g/mol. The normalized spacial score (nSPS) is 23.4. The molecule has 0 aromatic heterocycles. The van der Waals surface area contributed by atoms with Crippen LogP contribution in [0, 0.1) is 0 Å². The van der Waals surface area contributed by atoms with E-state index in [0.717, 1.165) is 12.0 Å². The van der Waals surface area contributed by atoms with Gasteiger partial charge >= 0.3 is 0 Å². The molecule has 0 radical (unpaired) electrons. The molecule has 2 aromatic rings. The van der Waals surface area contributed by atoms with Gasteiger partial charge in [-0.05, 0) is 30.2 Å². The van der Waals surface area contributed by atoms with Crippen LogP contribution in [0.15, 0.2) is 48.5 Å². The van der Waals surface area contributed by atoms with Crippen LogP contribution in [-0.2, 0) is 0 Å². The van der Waals surface area contributed by atoms with Gasteiger partial charge in [0.15, 0.2) is 0 Å². The fraction of sp³-hybridized carbons (Fsp3) is 0.176. The summed E-state index contributed by atoms with van der Waals surface area (Å²) >= 11 is 6.20. The number of rotatable bonds is 2. The summed E-state index contributed by atoms with van der Waals surface area (Å²) in [6.45, 7) is 0. The number of fused-ring (bicyclic) bond motifs is 1. The molecule has 1 saturated carbocycles. The second kappa shape index (κ2) is 4.43. The molecule has 1 aliphatic carbocycles. The van der Waals surface area contributed by atoms with Crippen LogP contribution in [0.25, 0.3) is 0 Å². The standard InChI is InChI=1S/C17H12ClNO2/c18-14-8-4-3-5-10(14)13-9-15(13)19-16(20)11-6-1-2-7-12(11)17(19)21/h1-8,13,15H,9H2/t13-,15-/m1/s1. The summed E-state index contributed by atoms with van der Waals surface area (Å²) in [7, 11) is 0. The summed E-state index contributed by atoms with van der Waals surface area (Å²) in [5.74, 6) is -0.216. The van der Waals surface area contributed by atoms with Crippen LogP contribution >= 0.6 is 11.6 Å². The number of hydrogen-bond acceptors (Lipinski definition) is 2. The highest BCUT2D eigenvalue weighted by Crippen LogP contribution is 2.49. The van der Waals surface area contributed by atoms with E-state index in [1.54, 1.807) is 24.3 Å². The molecule has 0 unspecified atom stereocenters. The Morgan fingerprint density at radius 3 is 2.10 bits per heavy atom. The average Bonchev–Trinajstić information content (AvgIpc) is 3.23. The number of carbonyl (C=O) groups excluding carboxylic acids is 2. The SMILES string of the molecule is O=C1c2ccccc2C(=O)N1[C@@H]1C[C@@H]1c1ccccc1Cl. The molecule has 1 aliphatic heterocycles. The molecule has 4 heteroatoms. The van der Waals surface area contributed by atoms with Crippen LogP contribution in [0.5, 0.6) is 0 Å². The number of nitrogens with zero attached hydrogens (tertiary/aromatic N) is 1. The maximum atomic E-state index is 12.4. The summed E-state index contributed by atoms with van der Waals surface area (Å²) < 4.78 is 0. The third kappa shape index (κ3) is 1.81. The van der Waals surface area contributed by atoms with Crippen LogP contribution in [0.1, 0.15) is 38.6 Å². The quantitative estimate of drug-likeness (QED) is 0.796. The van der Waals surface area contributed by atoms with Gasteiger partial charge in [-0.2, -0.15) is 0 Å². The van der Waals surface area contributed by atoms with E-state index >= 15 is 0 Å². The van der Waals surface area contributed by atoms with Crippen molar-refractivity contribution in [1.82, 2.24) is 4.90 Å². The van der Waals surface area contributed by atoms with Crippen molar-refractivity contribution in [2.24, 2.45) is 0 Å². The Balaban J connectivity index is 1.65. The molecule has 1 heterocycles. The lowest BCUT2D eigenvalue weighted by Gasteiger charge is -2.14. The van der Waals surface area contributed by atoms with Gasteiger partial charge in [0.1, 0.15) is 0 Å². The number of imide groups is 1. The van der Waals surface area contributed by atoms with Gasteiger partial charge in [-0.1, -0.05) is 41.9 Å². The lowest BCUT2D eigenvalue weighted by atomic mass is 10.1. The number of carbonyl (C=O) groups is 2. The fourth-order valence-corrected chi connectivity index (χ4v) is 3.36. The third-order valence-electron chi connectivity index (χ3n) is 4.22. The van der Waals surface area contributed by atoms with Gasteiger partial charge in [0, 0.05) is 17.0 Å². The Morgan fingerprint density at radius 2 is 1.48 bits per heavy atom. The third-order valence-corrected chi connectivity index (χ3v) is 4.56. The zero-order valence-electron chi connectivity index (χ0n) is 11.1. The summed E-state index contributed by atoms with van der Waals surface area (Å²) in [5.41, 5.74) is 2.03. The predicted octanol–water partition coefficient (Wildman–Crippen LogP) is 3.49. The summed E-state index contributed by atoms with van der Waals surface area (Å²) in [6.07, 6.45) is 0.787. The molecule has 2 atom stereocenters. The Morgan fingerprint density at radius 1 is 0.905 bits per heavy atom. The molecular weight excluding hydrogens is 286 g/mol. The maximum absolute atomic E-state index is 12.4. The van der Waals surface area contributed by atoms with Crippen LogP contribution in [0.3, 0.4) is 0 Å². The molecule has 2 aromatic carbocycles. The Labute approximate surface area is 127 Å². The van der Waals surface area contributed by atoms with Crippen molar-refractivity contribution < 1.29 is 9.59 Å². The highest BCUT2D eigenvalue weighted by Gasteiger charge is 2.51. The molecule has 0 spiro atoms. The van der Waals surface area contributed by atoms with Crippen molar-refractivity contribution in [3.63, 3.8) is 0 Å². The van der Waals surface area contributed by atoms with Gasteiger partial charge in [-0.15, -0.1) is 0 Å². The molecule has 1 fully saturated rings. The zero-order chi connectivity index (χ0) is 14.6. The summed E-state index contributed by atoms with van der Waals surface area (Å²) in [6, 6.07) is 14.5. The van der Waals surface area contributed by atoms with E-state index in [4.69, 9.17) is 11.6 Å². The minimum absolute atomic E-state index is 0.0719. The Hall–Kier alpha value is -2.13. The lowest BCUT2D eigenvalue weighted by molar-refractivity contribution is 0.0639. The highest BCUT2D eigenvalue weighted by molar-refractivity contribution is 6.31. The van der Waals surface area contributed by atoms with Crippen molar-refractivity contribution in [2.45, 2.75) is 18.4 Å².